The first kappa shape index (κ1) is 12.9. The van der Waals surface area contributed by atoms with Gasteiger partial charge in [0.15, 0.2) is 0 Å². The molecular formula is C12H17N5. The molecule has 0 fully saturated rings. The molecule has 2 N–H and O–H groups in total. The zero-order valence-corrected chi connectivity index (χ0v) is 10.1. The van der Waals surface area contributed by atoms with Crippen LogP contribution in [0.5, 0.6) is 0 Å². The van der Waals surface area contributed by atoms with Gasteiger partial charge in [0.1, 0.15) is 5.84 Å². The Morgan fingerprint density at radius 3 is 2.65 bits per heavy atom. The maximum absolute atomic E-state index is 5.33. The average Bonchev–Trinajstić information content (AvgIpc) is 2.37. The molecule has 0 aromatic heterocycles. The van der Waals surface area contributed by atoms with Gasteiger partial charge in [0.25, 0.3) is 0 Å². The lowest BCUT2D eigenvalue weighted by Gasteiger charge is -2.15. The van der Waals surface area contributed by atoms with Crippen molar-refractivity contribution in [3.05, 3.63) is 42.7 Å². The molecule has 5 nitrogen and oxygen atoms in total. The quantitative estimate of drug-likeness (QED) is 0.375. The van der Waals surface area contributed by atoms with Crippen LogP contribution < -0.4 is 5.73 Å². The molecule has 90 valence electrons. The number of rotatable bonds is 4. The van der Waals surface area contributed by atoms with Gasteiger partial charge in [-0.05, 0) is 31.2 Å². The molecule has 17 heavy (non-hydrogen) atoms. The Morgan fingerprint density at radius 2 is 2.06 bits per heavy atom. The van der Waals surface area contributed by atoms with Gasteiger partial charge in [-0.2, -0.15) is 0 Å². The summed E-state index contributed by atoms with van der Waals surface area (Å²) in [4.78, 5) is 1.88. The van der Waals surface area contributed by atoms with Gasteiger partial charge < -0.3 is 10.6 Å². The predicted molar refractivity (Wildman–Crippen MR) is 69.8 cm³/mol. The molecule has 5 heteroatoms. The van der Waals surface area contributed by atoms with Gasteiger partial charge in [0, 0.05) is 18.9 Å². The predicted octanol–water partition coefficient (Wildman–Crippen LogP) is 2.86. The Balaban J connectivity index is 2.67. The van der Waals surface area contributed by atoms with E-state index in [1.54, 1.807) is 6.20 Å². The van der Waals surface area contributed by atoms with Gasteiger partial charge in [0.05, 0.1) is 5.69 Å². The molecule has 0 unspecified atom stereocenters. The van der Waals surface area contributed by atoms with Crippen molar-refractivity contribution in [3.8, 4) is 0 Å². The Labute approximate surface area is 101 Å². The van der Waals surface area contributed by atoms with Crippen LogP contribution in [-0.4, -0.2) is 17.3 Å². The minimum atomic E-state index is 0.744. The molecule has 0 radical (unpaired) electrons. The third-order valence-corrected chi connectivity index (χ3v) is 2.13. The van der Waals surface area contributed by atoms with Gasteiger partial charge in [-0.3, -0.25) is 0 Å². The van der Waals surface area contributed by atoms with Crippen molar-refractivity contribution in [3.63, 3.8) is 0 Å². The van der Waals surface area contributed by atoms with Crippen LogP contribution in [0.4, 0.5) is 5.69 Å². The van der Waals surface area contributed by atoms with Gasteiger partial charge >= 0.3 is 0 Å². The molecule has 1 rings (SSSR count). The number of benzene rings is 1. The van der Waals surface area contributed by atoms with Crippen LogP contribution in [0.2, 0.25) is 0 Å². The molecule has 0 aliphatic rings. The third-order valence-electron chi connectivity index (χ3n) is 2.13. The molecular weight excluding hydrogens is 214 g/mol. The van der Waals surface area contributed by atoms with Crippen molar-refractivity contribution in [2.75, 3.05) is 6.54 Å². The SMILES string of the molecule is CCN(/C=C\N)/C(C)=N\N=N/c1ccccc1. The second-order valence-corrected chi connectivity index (χ2v) is 3.30. The first-order valence-electron chi connectivity index (χ1n) is 5.43. The zero-order valence-electron chi connectivity index (χ0n) is 10.1. The monoisotopic (exact) mass is 231 g/mol. The van der Waals surface area contributed by atoms with E-state index in [1.807, 2.05) is 49.1 Å². The van der Waals surface area contributed by atoms with Gasteiger partial charge in [0.2, 0.25) is 0 Å². The zero-order chi connectivity index (χ0) is 12.5. The molecule has 0 heterocycles. The summed E-state index contributed by atoms with van der Waals surface area (Å²) in [6, 6.07) is 9.47. The normalized spacial score (nSPS) is 12.5. The van der Waals surface area contributed by atoms with Gasteiger partial charge in [-0.25, -0.2) is 0 Å². The summed E-state index contributed by atoms with van der Waals surface area (Å²) >= 11 is 0. The summed E-state index contributed by atoms with van der Waals surface area (Å²) in [5.41, 5.74) is 6.11. The standard InChI is InChI=1S/C12H17N5/c1-3-17(10-9-13)11(2)14-16-15-12-7-5-4-6-8-12/h4-10H,3,13H2,1-2H3/b10-9-,14-11-,16-15-. The molecule has 0 aliphatic carbocycles. The smallest absolute Gasteiger partial charge is 0.130 e. The molecule has 1 aromatic rings. The number of hydrogen-bond donors (Lipinski definition) is 1. The number of amidine groups is 1. The molecule has 0 amide bonds. The molecule has 0 saturated heterocycles. The first-order valence-corrected chi connectivity index (χ1v) is 5.43. The van der Waals surface area contributed by atoms with E-state index in [1.165, 1.54) is 6.20 Å². The highest BCUT2D eigenvalue weighted by molar-refractivity contribution is 5.80. The molecule has 0 spiro atoms. The van der Waals surface area contributed by atoms with Crippen molar-refractivity contribution < 1.29 is 0 Å². The number of hydrogen-bond acceptors (Lipinski definition) is 3. The lowest BCUT2D eigenvalue weighted by atomic mass is 10.3. The number of nitrogens with zero attached hydrogens (tertiary/aromatic N) is 4. The van der Waals surface area contributed by atoms with Crippen molar-refractivity contribution in [1.29, 1.82) is 0 Å². The molecule has 0 bridgehead atoms. The van der Waals surface area contributed by atoms with Crippen LogP contribution in [-0.2, 0) is 0 Å². The highest BCUT2D eigenvalue weighted by Gasteiger charge is 1.98. The van der Waals surface area contributed by atoms with E-state index in [2.05, 4.69) is 15.4 Å². The molecule has 0 aliphatic heterocycles. The van der Waals surface area contributed by atoms with Crippen LogP contribution >= 0.6 is 0 Å². The Hall–Kier alpha value is -2.17. The fraction of sp³-hybridized carbons (Fsp3) is 0.250. The highest BCUT2D eigenvalue weighted by Crippen LogP contribution is 2.10. The van der Waals surface area contributed by atoms with Crippen LogP contribution in [0.1, 0.15) is 13.8 Å². The fourth-order valence-corrected chi connectivity index (χ4v) is 1.24. The summed E-state index contributed by atoms with van der Waals surface area (Å²) in [5, 5.41) is 11.8. The highest BCUT2D eigenvalue weighted by atomic mass is 15.4. The van der Waals surface area contributed by atoms with E-state index in [0.717, 1.165) is 18.1 Å². The van der Waals surface area contributed by atoms with Crippen LogP contribution in [0.15, 0.2) is 58.2 Å². The fourth-order valence-electron chi connectivity index (χ4n) is 1.24. The molecule has 0 atom stereocenters. The number of nitrogens with two attached hydrogens (primary N) is 1. The van der Waals surface area contributed by atoms with E-state index in [-0.39, 0.29) is 0 Å². The maximum atomic E-state index is 5.33. The van der Waals surface area contributed by atoms with E-state index in [0.29, 0.717) is 0 Å². The summed E-state index contributed by atoms with van der Waals surface area (Å²) in [7, 11) is 0. The van der Waals surface area contributed by atoms with Crippen LogP contribution in [0.25, 0.3) is 0 Å². The van der Waals surface area contributed by atoms with Crippen molar-refractivity contribution in [2.24, 2.45) is 21.2 Å². The van der Waals surface area contributed by atoms with E-state index < -0.39 is 0 Å². The van der Waals surface area contributed by atoms with Crippen LogP contribution in [0, 0.1) is 0 Å². The van der Waals surface area contributed by atoms with Crippen molar-refractivity contribution in [1.82, 2.24) is 4.90 Å². The first-order chi connectivity index (χ1) is 8.27. The topological polar surface area (TPSA) is 66.3 Å². The van der Waals surface area contributed by atoms with Crippen molar-refractivity contribution in [2.45, 2.75) is 13.8 Å². The molecule has 1 aromatic carbocycles. The van der Waals surface area contributed by atoms with E-state index >= 15 is 0 Å². The lowest BCUT2D eigenvalue weighted by Crippen LogP contribution is -2.22. The second-order valence-electron chi connectivity index (χ2n) is 3.30. The Kier molecular flexibility index (Phi) is 5.43. The second kappa shape index (κ2) is 7.16. The van der Waals surface area contributed by atoms with Crippen LogP contribution in [0.3, 0.4) is 0 Å². The summed E-state index contributed by atoms with van der Waals surface area (Å²) in [5.74, 6) is 0.744. The minimum absolute atomic E-state index is 0.744. The minimum Gasteiger partial charge on any atom is -0.403 e. The van der Waals surface area contributed by atoms with Gasteiger partial charge in [-0.15, -0.1) is 10.2 Å². The van der Waals surface area contributed by atoms with E-state index in [9.17, 15) is 0 Å². The summed E-state index contributed by atoms with van der Waals surface area (Å²) in [6.07, 6.45) is 3.22. The lowest BCUT2D eigenvalue weighted by molar-refractivity contribution is 0.581. The average molecular weight is 231 g/mol. The Morgan fingerprint density at radius 1 is 1.35 bits per heavy atom. The van der Waals surface area contributed by atoms with E-state index in [4.69, 9.17) is 5.73 Å². The third kappa shape index (κ3) is 4.46. The summed E-state index contributed by atoms with van der Waals surface area (Å²) in [6.45, 7) is 4.64. The van der Waals surface area contributed by atoms with Gasteiger partial charge in [-0.1, -0.05) is 18.2 Å². The largest absolute Gasteiger partial charge is 0.403 e. The maximum Gasteiger partial charge on any atom is 0.130 e. The summed E-state index contributed by atoms with van der Waals surface area (Å²) < 4.78 is 0. The Bertz CT molecular complexity index is 408. The van der Waals surface area contributed by atoms with Crippen molar-refractivity contribution >= 4 is 11.5 Å². The molecule has 0 saturated carbocycles.